The first-order chi connectivity index (χ1) is 23.8. The Morgan fingerprint density at radius 2 is 0.479 bits per heavy atom. The zero-order chi connectivity index (χ0) is 33.7. The molecule has 1 nitrogen and oxygen atoms in total. The first-order valence-electron chi connectivity index (χ1n) is 15.3. The fourth-order valence-corrected chi connectivity index (χ4v) is 9.47. The Morgan fingerprint density at radius 1 is 0.312 bits per heavy atom. The first kappa shape index (κ1) is 36.9. The van der Waals surface area contributed by atoms with Gasteiger partial charge in [-0.15, -0.1) is 12.1 Å². The Morgan fingerprint density at radius 3 is 0.625 bits per heavy atom. The Bertz CT molecular complexity index is 1520. The monoisotopic (exact) mass is 770 g/mol. The fraction of sp³-hybridized carbons (Fsp3) is 0. The molecule has 7 rings (SSSR count). The number of hydrogen-bond acceptors (Lipinski definition) is 1. The number of benzene rings is 7. The van der Waals surface area contributed by atoms with Crippen LogP contribution in [0.1, 0.15) is 5.56 Å². The van der Waals surface area contributed by atoms with Crippen molar-refractivity contribution in [3.63, 3.8) is 0 Å². The SMILES string of the molecule is O=[C-]c1ccccc1.[Cl][Pd+].c1ccc(P(c2ccccc2)c2ccccc2)cc1.c1ccc(P(c2ccccc2)c2ccccc2)cc1. The van der Waals surface area contributed by atoms with Gasteiger partial charge >= 0.3 is 27.7 Å². The summed E-state index contributed by atoms with van der Waals surface area (Å²) in [6.07, 6.45) is 1.78. The third-order valence-electron chi connectivity index (χ3n) is 6.98. The molecule has 240 valence electrons. The van der Waals surface area contributed by atoms with Crippen LogP contribution in [0.25, 0.3) is 0 Å². The zero-order valence-corrected chi connectivity index (χ0v) is 30.3. The van der Waals surface area contributed by atoms with Crippen molar-refractivity contribution in [2.24, 2.45) is 0 Å². The van der Waals surface area contributed by atoms with E-state index in [1.807, 2.05) is 6.07 Å². The zero-order valence-electron chi connectivity index (χ0n) is 26.2. The summed E-state index contributed by atoms with van der Waals surface area (Å²) in [4.78, 5) is 9.88. The molecule has 0 spiro atoms. The summed E-state index contributed by atoms with van der Waals surface area (Å²) in [5.41, 5.74) is 0.604. The van der Waals surface area contributed by atoms with Gasteiger partial charge in [0.1, 0.15) is 0 Å². The molecule has 0 aliphatic heterocycles. The van der Waals surface area contributed by atoms with Crippen LogP contribution in [0, 0.1) is 0 Å². The molecule has 0 aromatic heterocycles. The Hall–Kier alpha value is -3.98. The van der Waals surface area contributed by atoms with Crippen molar-refractivity contribution < 1.29 is 23.0 Å². The van der Waals surface area contributed by atoms with Gasteiger partial charge in [0.25, 0.3) is 0 Å². The number of rotatable bonds is 7. The molecule has 0 N–H and O–H groups in total. The molecule has 0 radical (unpaired) electrons. The standard InChI is InChI=1S/2C18H15P.C7H5O.ClH.Pd/c2*1-4-10-16(11-5-1)19(17-12-6-2-7-13-17)18-14-8-3-9-15-18;8-6-7-4-2-1-3-5-7;;/h2*1-15H;1-5H;1H;/q;;-1;;+2/p-1. The van der Waals surface area contributed by atoms with Crippen molar-refractivity contribution in [1.82, 2.24) is 0 Å². The summed E-state index contributed by atoms with van der Waals surface area (Å²) in [5.74, 6) is 0. The molecule has 0 fully saturated rings. The van der Waals surface area contributed by atoms with E-state index in [0.717, 1.165) is 0 Å². The Labute approximate surface area is 302 Å². The predicted molar refractivity (Wildman–Crippen MR) is 207 cm³/mol. The van der Waals surface area contributed by atoms with Gasteiger partial charge in [-0.25, -0.2) is 0 Å². The third-order valence-corrected chi connectivity index (χ3v) is 11.9. The van der Waals surface area contributed by atoms with Crippen molar-refractivity contribution in [1.29, 1.82) is 0 Å². The van der Waals surface area contributed by atoms with E-state index >= 15 is 0 Å². The second-order valence-electron chi connectivity index (χ2n) is 10.2. The average Bonchev–Trinajstić information content (AvgIpc) is 3.19. The van der Waals surface area contributed by atoms with Crippen LogP contribution in [0.2, 0.25) is 0 Å². The van der Waals surface area contributed by atoms with E-state index in [9.17, 15) is 4.79 Å². The molecule has 0 atom stereocenters. The van der Waals surface area contributed by atoms with Crippen molar-refractivity contribution in [2.75, 3.05) is 0 Å². The smallest absolute Gasteiger partial charge is 0.0134 e. The van der Waals surface area contributed by atoms with Crippen molar-refractivity contribution in [3.8, 4) is 0 Å². The van der Waals surface area contributed by atoms with E-state index in [2.05, 4.69) is 210 Å². The molecule has 0 amide bonds. The molecule has 5 heteroatoms. The van der Waals surface area contributed by atoms with Crippen LogP contribution < -0.4 is 31.8 Å². The number of carbonyl (C=O) groups excluding carboxylic acids is 1. The van der Waals surface area contributed by atoms with Crippen molar-refractivity contribution >= 4 is 63.5 Å². The summed E-state index contributed by atoms with van der Waals surface area (Å²) in [6, 6.07) is 73.6. The topological polar surface area (TPSA) is 17.1 Å². The van der Waals surface area contributed by atoms with Gasteiger partial charge in [0.2, 0.25) is 0 Å². The summed E-state index contributed by atoms with van der Waals surface area (Å²) in [5, 5.41) is 8.39. The van der Waals surface area contributed by atoms with Crippen LogP contribution in [0.15, 0.2) is 212 Å². The van der Waals surface area contributed by atoms with Crippen LogP contribution >= 0.6 is 25.4 Å². The van der Waals surface area contributed by atoms with E-state index in [0.29, 0.717) is 5.56 Å². The molecule has 7 aromatic rings. The van der Waals surface area contributed by atoms with Gasteiger partial charge in [0, 0.05) is 0 Å². The molecular weight excluding hydrogens is 736 g/mol. The van der Waals surface area contributed by atoms with Crippen LogP contribution in [0.5, 0.6) is 0 Å². The molecule has 0 aliphatic rings. The van der Waals surface area contributed by atoms with Gasteiger partial charge in [-0.3, -0.25) is 0 Å². The molecule has 0 unspecified atom stereocenters. The van der Waals surface area contributed by atoms with Gasteiger partial charge in [0.05, 0.1) is 6.29 Å². The molecule has 0 aliphatic carbocycles. The van der Waals surface area contributed by atoms with Gasteiger partial charge in [-0.05, 0) is 47.7 Å². The van der Waals surface area contributed by atoms with E-state index in [1.165, 1.54) is 31.8 Å². The minimum absolute atomic E-state index is 0.446. The van der Waals surface area contributed by atoms with E-state index in [-0.39, 0.29) is 0 Å². The van der Waals surface area contributed by atoms with E-state index in [1.54, 1.807) is 30.6 Å². The third kappa shape index (κ3) is 11.6. The summed E-state index contributed by atoms with van der Waals surface area (Å²) in [6.45, 7) is 0. The minimum atomic E-state index is -0.446. The first-order valence-corrected chi connectivity index (χ1v) is 20.0. The Kier molecular flexibility index (Phi) is 16.7. The van der Waals surface area contributed by atoms with Crippen LogP contribution in [-0.4, -0.2) is 6.29 Å². The van der Waals surface area contributed by atoms with Crippen molar-refractivity contribution in [3.05, 3.63) is 218 Å². The average molecular weight is 772 g/mol. The molecular formula is C43H35ClOP2Pd. The number of halogens is 1. The van der Waals surface area contributed by atoms with E-state index in [4.69, 9.17) is 0 Å². The van der Waals surface area contributed by atoms with Gasteiger partial charge in [0.15, 0.2) is 0 Å². The van der Waals surface area contributed by atoms with Gasteiger partial charge < -0.3 is 4.79 Å². The molecule has 0 saturated heterocycles. The van der Waals surface area contributed by atoms with Crippen molar-refractivity contribution in [2.45, 2.75) is 0 Å². The minimum Gasteiger partial charge on any atom is -0.0622 e. The maximum Gasteiger partial charge on any atom is -0.0134 e. The van der Waals surface area contributed by atoms with Crippen LogP contribution in [0.3, 0.4) is 0 Å². The summed E-state index contributed by atoms with van der Waals surface area (Å²) in [7, 11) is 3.60. The largest absolute Gasteiger partial charge is 0.0622 e. The fourth-order valence-electron chi connectivity index (χ4n) is 4.86. The maximum absolute atomic E-state index is 9.88. The normalized spacial score (nSPS) is 9.94. The van der Waals surface area contributed by atoms with Crippen LogP contribution in [-0.2, 0) is 23.0 Å². The molecule has 0 bridgehead atoms. The molecule has 48 heavy (non-hydrogen) atoms. The maximum atomic E-state index is 9.88. The Balaban J connectivity index is 0.000000170. The number of hydrogen-bond donors (Lipinski definition) is 0. The second-order valence-corrected chi connectivity index (χ2v) is 14.6. The quantitative estimate of drug-likeness (QED) is 0.0901. The molecule has 0 saturated carbocycles. The summed E-state index contributed by atoms with van der Waals surface area (Å²) >= 11 is 2.22. The molecule has 0 heterocycles. The molecule has 7 aromatic carbocycles. The summed E-state index contributed by atoms with van der Waals surface area (Å²) < 4.78 is 0. The second kappa shape index (κ2) is 21.8. The van der Waals surface area contributed by atoms with Gasteiger partial charge in [-0.1, -0.05) is 188 Å². The van der Waals surface area contributed by atoms with Crippen LogP contribution in [0.4, 0.5) is 0 Å². The van der Waals surface area contributed by atoms with Gasteiger partial charge in [-0.2, -0.15) is 17.7 Å². The van der Waals surface area contributed by atoms with E-state index < -0.39 is 15.8 Å². The predicted octanol–water partition coefficient (Wildman–Crippen LogP) is 8.72.